The Morgan fingerprint density at radius 1 is 1.54 bits per heavy atom. The molecular formula is C9H12N2O2. The summed E-state index contributed by atoms with van der Waals surface area (Å²) >= 11 is 0. The van der Waals surface area contributed by atoms with Crippen LogP contribution in [0.2, 0.25) is 0 Å². The topological polar surface area (TPSA) is 57.4 Å². The number of nitrogens with zero attached hydrogens (tertiary/aromatic N) is 1. The second-order valence-corrected chi connectivity index (χ2v) is 3.03. The number of rotatable bonds is 2. The Labute approximate surface area is 76.7 Å². The van der Waals surface area contributed by atoms with Crippen LogP contribution in [0.5, 0.6) is 5.88 Å². The van der Waals surface area contributed by atoms with Crippen molar-refractivity contribution < 1.29 is 9.47 Å². The normalized spacial score (nSPS) is 21.7. The van der Waals surface area contributed by atoms with Crippen molar-refractivity contribution in [2.75, 3.05) is 18.9 Å². The zero-order chi connectivity index (χ0) is 9.10. The summed E-state index contributed by atoms with van der Waals surface area (Å²) in [7, 11) is 0. The van der Waals surface area contributed by atoms with Crippen LogP contribution in [0.4, 0.5) is 5.69 Å². The van der Waals surface area contributed by atoms with Gasteiger partial charge < -0.3 is 15.2 Å². The van der Waals surface area contributed by atoms with Gasteiger partial charge in [0.2, 0.25) is 5.88 Å². The Morgan fingerprint density at radius 3 is 3.08 bits per heavy atom. The van der Waals surface area contributed by atoms with E-state index in [9.17, 15) is 0 Å². The smallest absolute Gasteiger partial charge is 0.213 e. The maximum Gasteiger partial charge on any atom is 0.213 e. The fourth-order valence-corrected chi connectivity index (χ4v) is 1.24. The summed E-state index contributed by atoms with van der Waals surface area (Å²) in [6.45, 7) is 1.44. The molecular weight excluding hydrogens is 168 g/mol. The SMILES string of the molecule is Nc1ccc(OC2CCOC2)nc1. The van der Waals surface area contributed by atoms with E-state index in [1.165, 1.54) is 0 Å². The Kier molecular flexibility index (Phi) is 2.31. The van der Waals surface area contributed by atoms with Gasteiger partial charge in [-0.3, -0.25) is 0 Å². The summed E-state index contributed by atoms with van der Waals surface area (Å²) < 4.78 is 10.7. The molecule has 1 aliphatic rings. The number of nitrogens with two attached hydrogens (primary N) is 1. The first-order valence-corrected chi connectivity index (χ1v) is 4.30. The maximum absolute atomic E-state index is 5.54. The van der Waals surface area contributed by atoms with Crippen LogP contribution in [0, 0.1) is 0 Å². The number of aromatic nitrogens is 1. The van der Waals surface area contributed by atoms with Gasteiger partial charge in [-0.25, -0.2) is 4.98 Å². The molecule has 0 aliphatic carbocycles. The Bertz CT molecular complexity index is 267. The van der Waals surface area contributed by atoms with Gasteiger partial charge in [-0.1, -0.05) is 0 Å². The standard InChI is InChI=1S/C9H12N2O2/c10-7-1-2-9(11-5-7)13-8-3-4-12-6-8/h1-2,5,8H,3-4,6,10H2. The molecule has 0 spiro atoms. The lowest BCUT2D eigenvalue weighted by Gasteiger charge is -2.09. The van der Waals surface area contributed by atoms with Crippen molar-refractivity contribution >= 4 is 5.69 Å². The number of nitrogen functional groups attached to an aromatic ring is 1. The van der Waals surface area contributed by atoms with Gasteiger partial charge >= 0.3 is 0 Å². The number of ether oxygens (including phenoxy) is 2. The van der Waals surface area contributed by atoms with Gasteiger partial charge in [0.05, 0.1) is 25.1 Å². The van der Waals surface area contributed by atoms with E-state index in [0.29, 0.717) is 18.2 Å². The molecule has 0 saturated carbocycles. The quantitative estimate of drug-likeness (QED) is 0.732. The van der Waals surface area contributed by atoms with Crippen molar-refractivity contribution in [3.8, 4) is 5.88 Å². The maximum atomic E-state index is 5.54. The molecule has 0 radical (unpaired) electrons. The molecule has 2 N–H and O–H groups in total. The first-order chi connectivity index (χ1) is 6.34. The van der Waals surface area contributed by atoms with Crippen LogP contribution in [0.1, 0.15) is 6.42 Å². The second kappa shape index (κ2) is 3.62. The minimum atomic E-state index is 0.149. The molecule has 0 amide bonds. The average Bonchev–Trinajstić information content (AvgIpc) is 2.62. The van der Waals surface area contributed by atoms with Gasteiger partial charge in [-0.2, -0.15) is 0 Å². The summed E-state index contributed by atoms with van der Waals surface area (Å²) in [6.07, 6.45) is 2.67. The highest BCUT2D eigenvalue weighted by Gasteiger charge is 2.17. The van der Waals surface area contributed by atoms with E-state index in [1.807, 2.05) is 0 Å². The van der Waals surface area contributed by atoms with Crippen LogP contribution >= 0.6 is 0 Å². The molecule has 1 aliphatic heterocycles. The third-order valence-electron chi connectivity index (χ3n) is 1.93. The monoisotopic (exact) mass is 180 g/mol. The fourth-order valence-electron chi connectivity index (χ4n) is 1.24. The minimum Gasteiger partial charge on any atom is -0.472 e. The number of hydrogen-bond acceptors (Lipinski definition) is 4. The zero-order valence-corrected chi connectivity index (χ0v) is 7.27. The van der Waals surface area contributed by atoms with Crippen LogP contribution in [0.15, 0.2) is 18.3 Å². The molecule has 1 aromatic rings. The molecule has 2 heterocycles. The van der Waals surface area contributed by atoms with Crippen LogP contribution in [-0.4, -0.2) is 24.3 Å². The van der Waals surface area contributed by atoms with Crippen molar-refractivity contribution in [1.29, 1.82) is 0 Å². The minimum absolute atomic E-state index is 0.149. The lowest BCUT2D eigenvalue weighted by atomic mass is 10.3. The molecule has 1 atom stereocenters. The summed E-state index contributed by atoms with van der Waals surface area (Å²) in [5.74, 6) is 0.615. The van der Waals surface area contributed by atoms with E-state index < -0.39 is 0 Å². The van der Waals surface area contributed by atoms with E-state index in [2.05, 4.69) is 4.98 Å². The molecule has 70 valence electrons. The zero-order valence-electron chi connectivity index (χ0n) is 7.27. The molecule has 1 saturated heterocycles. The first-order valence-electron chi connectivity index (χ1n) is 4.30. The molecule has 2 rings (SSSR count). The van der Waals surface area contributed by atoms with Gasteiger partial charge in [-0.05, 0) is 6.07 Å². The van der Waals surface area contributed by atoms with Crippen molar-refractivity contribution in [1.82, 2.24) is 4.98 Å². The lowest BCUT2D eigenvalue weighted by Crippen LogP contribution is -2.16. The lowest BCUT2D eigenvalue weighted by molar-refractivity contribution is 0.138. The summed E-state index contributed by atoms with van der Waals surface area (Å²) in [4.78, 5) is 4.04. The number of anilines is 1. The highest BCUT2D eigenvalue weighted by Crippen LogP contribution is 2.14. The van der Waals surface area contributed by atoms with Crippen molar-refractivity contribution in [3.63, 3.8) is 0 Å². The molecule has 1 aromatic heterocycles. The van der Waals surface area contributed by atoms with Gasteiger partial charge in [0.25, 0.3) is 0 Å². The first kappa shape index (κ1) is 8.31. The summed E-state index contributed by atoms with van der Waals surface area (Å²) in [5, 5.41) is 0. The van der Waals surface area contributed by atoms with Gasteiger partial charge in [0, 0.05) is 12.5 Å². The molecule has 0 bridgehead atoms. The van der Waals surface area contributed by atoms with Crippen LogP contribution in [0.3, 0.4) is 0 Å². The molecule has 13 heavy (non-hydrogen) atoms. The van der Waals surface area contributed by atoms with Crippen LogP contribution < -0.4 is 10.5 Å². The Balaban J connectivity index is 1.97. The van der Waals surface area contributed by atoms with E-state index >= 15 is 0 Å². The predicted molar refractivity (Wildman–Crippen MR) is 48.5 cm³/mol. The van der Waals surface area contributed by atoms with E-state index in [4.69, 9.17) is 15.2 Å². The third kappa shape index (κ3) is 2.09. The van der Waals surface area contributed by atoms with Crippen LogP contribution in [-0.2, 0) is 4.74 Å². The largest absolute Gasteiger partial charge is 0.472 e. The average molecular weight is 180 g/mol. The van der Waals surface area contributed by atoms with Crippen molar-refractivity contribution in [2.24, 2.45) is 0 Å². The van der Waals surface area contributed by atoms with Crippen LogP contribution in [0.25, 0.3) is 0 Å². The number of pyridine rings is 1. The Hall–Kier alpha value is -1.29. The highest BCUT2D eigenvalue weighted by molar-refractivity contribution is 5.35. The van der Waals surface area contributed by atoms with Crippen molar-refractivity contribution in [2.45, 2.75) is 12.5 Å². The summed E-state index contributed by atoms with van der Waals surface area (Å²) in [6, 6.07) is 3.55. The number of hydrogen-bond donors (Lipinski definition) is 1. The fraction of sp³-hybridized carbons (Fsp3) is 0.444. The molecule has 1 unspecified atom stereocenters. The molecule has 0 aromatic carbocycles. The van der Waals surface area contributed by atoms with E-state index in [-0.39, 0.29) is 6.10 Å². The molecule has 1 fully saturated rings. The molecule has 4 nitrogen and oxygen atoms in total. The third-order valence-corrected chi connectivity index (χ3v) is 1.93. The second-order valence-electron chi connectivity index (χ2n) is 3.03. The predicted octanol–water partition coefficient (Wildman–Crippen LogP) is 0.832. The molecule has 4 heteroatoms. The van der Waals surface area contributed by atoms with Crippen molar-refractivity contribution in [3.05, 3.63) is 18.3 Å². The van der Waals surface area contributed by atoms with Gasteiger partial charge in [-0.15, -0.1) is 0 Å². The Morgan fingerprint density at radius 2 is 2.46 bits per heavy atom. The summed E-state index contributed by atoms with van der Waals surface area (Å²) in [5.41, 5.74) is 6.14. The van der Waals surface area contributed by atoms with E-state index in [1.54, 1.807) is 18.3 Å². The highest BCUT2D eigenvalue weighted by atomic mass is 16.5. The van der Waals surface area contributed by atoms with E-state index in [0.717, 1.165) is 13.0 Å². The van der Waals surface area contributed by atoms with Gasteiger partial charge in [0.1, 0.15) is 6.10 Å². The van der Waals surface area contributed by atoms with Gasteiger partial charge in [0.15, 0.2) is 0 Å².